The molecular weight excluding hydrogens is 250 g/mol. The molecule has 0 saturated carbocycles. The molecule has 2 unspecified atom stereocenters. The van der Waals surface area contributed by atoms with Gasteiger partial charge in [-0.05, 0) is 51.9 Å². The fraction of sp³-hybridized carbons (Fsp3) is 1.00. The Balaban J connectivity index is 1.62. The SMILES string of the molecule is CC(C)CNCC1CCC(CN2CCCN(C)CC2)O1. The Bertz CT molecular complexity index is 272. The summed E-state index contributed by atoms with van der Waals surface area (Å²) in [5, 5.41) is 3.52. The zero-order valence-corrected chi connectivity index (χ0v) is 13.6. The van der Waals surface area contributed by atoms with Gasteiger partial charge >= 0.3 is 0 Å². The summed E-state index contributed by atoms with van der Waals surface area (Å²) >= 11 is 0. The van der Waals surface area contributed by atoms with Crippen molar-refractivity contribution in [3.63, 3.8) is 0 Å². The van der Waals surface area contributed by atoms with Crippen LogP contribution in [0.1, 0.15) is 33.1 Å². The van der Waals surface area contributed by atoms with Crippen LogP contribution in [-0.4, -0.2) is 74.9 Å². The lowest BCUT2D eigenvalue weighted by Gasteiger charge is -2.24. The Kier molecular flexibility index (Phi) is 6.75. The summed E-state index contributed by atoms with van der Waals surface area (Å²) in [7, 11) is 2.23. The van der Waals surface area contributed by atoms with E-state index in [1.165, 1.54) is 45.4 Å². The third-order valence-corrected chi connectivity index (χ3v) is 4.39. The number of nitrogens with one attached hydrogen (secondary N) is 1. The molecule has 2 heterocycles. The molecule has 4 heteroatoms. The summed E-state index contributed by atoms with van der Waals surface area (Å²) in [6.07, 6.45) is 4.66. The Labute approximate surface area is 124 Å². The monoisotopic (exact) mass is 283 g/mol. The highest BCUT2D eigenvalue weighted by molar-refractivity contribution is 4.79. The summed E-state index contributed by atoms with van der Waals surface area (Å²) < 4.78 is 6.20. The molecule has 118 valence electrons. The van der Waals surface area contributed by atoms with Crippen LogP contribution in [0.4, 0.5) is 0 Å². The van der Waals surface area contributed by atoms with Gasteiger partial charge in [0.05, 0.1) is 12.2 Å². The maximum atomic E-state index is 6.20. The van der Waals surface area contributed by atoms with Crippen molar-refractivity contribution in [3.05, 3.63) is 0 Å². The lowest BCUT2D eigenvalue weighted by atomic mass is 10.1. The van der Waals surface area contributed by atoms with Crippen LogP contribution in [0.5, 0.6) is 0 Å². The summed E-state index contributed by atoms with van der Waals surface area (Å²) in [4.78, 5) is 5.03. The van der Waals surface area contributed by atoms with E-state index in [9.17, 15) is 0 Å². The molecule has 2 aliphatic heterocycles. The van der Waals surface area contributed by atoms with Gasteiger partial charge in [0.15, 0.2) is 0 Å². The molecule has 0 amide bonds. The van der Waals surface area contributed by atoms with E-state index >= 15 is 0 Å². The van der Waals surface area contributed by atoms with Gasteiger partial charge in [0, 0.05) is 26.2 Å². The Hall–Kier alpha value is -0.160. The molecule has 2 saturated heterocycles. The lowest BCUT2D eigenvalue weighted by Crippen LogP contribution is -2.36. The van der Waals surface area contributed by atoms with E-state index in [1.54, 1.807) is 0 Å². The third kappa shape index (κ3) is 5.68. The topological polar surface area (TPSA) is 27.7 Å². The van der Waals surface area contributed by atoms with E-state index in [2.05, 4.69) is 36.0 Å². The van der Waals surface area contributed by atoms with Crippen molar-refractivity contribution in [3.8, 4) is 0 Å². The van der Waals surface area contributed by atoms with Crippen molar-refractivity contribution in [2.24, 2.45) is 5.92 Å². The zero-order chi connectivity index (χ0) is 14.4. The summed E-state index contributed by atoms with van der Waals surface area (Å²) in [5.41, 5.74) is 0. The van der Waals surface area contributed by atoms with Crippen LogP contribution in [0.2, 0.25) is 0 Å². The maximum Gasteiger partial charge on any atom is 0.0707 e. The van der Waals surface area contributed by atoms with E-state index in [0.29, 0.717) is 12.2 Å². The molecule has 2 aliphatic rings. The summed E-state index contributed by atoms with van der Waals surface area (Å²) in [6.45, 7) is 12.6. The lowest BCUT2D eigenvalue weighted by molar-refractivity contribution is 0.0240. The first-order valence-corrected chi connectivity index (χ1v) is 8.40. The smallest absolute Gasteiger partial charge is 0.0707 e. The van der Waals surface area contributed by atoms with Crippen LogP contribution in [0, 0.1) is 5.92 Å². The van der Waals surface area contributed by atoms with Gasteiger partial charge in [0.1, 0.15) is 0 Å². The minimum absolute atomic E-state index is 0.438. The maximum absolute atomic E-state index is 6.20. The molecular formula is C16H33N3O. The first-order valence-electron chi connectivity index (χ1n) is 8.40. The highest BCUT2D eigenvalue weighted by Crippen LogP contribution is 2.20. The zero-order valence-electron chi connectivity index (χ0n) is 13.6. The number of rotatable bonds is 6. The van der Waals surface area contributed by atoms with Gasteiger partial charge in [-0.3, -0.25) is 4.90 Å². The minimum Gasteiger partial charge on any atom is -0.372 e. The molecule has 20 heavy (non-hydrogen) atoms. The molecule has 0 aromatic carbocycles. The number of hydrogen-bond acceptors (Lipinski definition) is 4. The largest absolute Gasteiger partial charge is 0.372 e. The molecule has 0 aromatic rings. The van der Waals surface area contributed by atoms with Crippen LogP contribution in [0.3, 0.4) is 0 Å². The van der Waals surface area contributed by atoms with Crippen molar-refractivity contribution in [1.82, 2.24) is 15.1 Å². The number of hydrogen-bond donors (Lipinski definition) is 1. The van der Waals surface area contributed by atoms with Crippen LogP contribution < -0.4 is 5.32 Å². The predicted octanol–water partition coefficient (Wildman–Crippen LogP) is 1.42. The molecule has 0 spiro atoms. The van der Waals surface area contributed by atoms with E-state index < -0.39 is 0 Å². The van der Waals surface area contributed by atoms with Gasteiger partial charge < -0.3 is 15.0 Å². The second-order valence-corrected chi connectivity index (χ2v) is 6.97. The van der Waals surface area contributed by atoms with Crippen LogP contribution >= 0.6 is 0 Å². The highest BCUT2D eigenvalue weighted by Gasteiger charge is 2.27. The van der Waals surface area contributed by atoms with Crippen LogP contribution in [0.25, 0.3) is 0 Å². The average Bonchev–Trinajstić information content (AvgIpc) is 2.72. The van der Waals surface area contributed by atoms with Crippen molar-refractivity contribution in [2.75, 3.05) is 52.9 Å². The molecule has 1 N–H and O–H groups in total. The average molecular weight is 283 g/mol. The minimum atomic E-state index is 0.438. The summed E-state index contributed by atoms with van der Waals surface area (Å²) in [5.74, 6) is 0.723. The van der Waals surface area contributed by atoms with Crippen molar-refractivity contribution >= 4 is 0 Å². The molecule has 2 atom stereocenters. The Morgan fingerprint density at radius 1 is 1.10 bits per heavy atom. The van der Waals surface area contributed by atoms with Gasteiger partial charge in [0.25, 0.3) is 0 Å². The second kappa shape index (κ2) is 8.32. The molecule has 2 fully saturated rings. The fourth-order valence-electron chi connectivity index (χ4n) is 3.17. The Morgan fingerprint density at radius 2 is 1.90 bits per heavy atom. The highest BCUT2D eigenvalue weighted by atomic mass is 16.5. The standard InChI is InChI=1S/C16H33N3O/c1-14(2)11-17-12-15-5-6-16(20-15)13-19-8-4-7-18(3)9-10-19/h14-17H,4-13H2,1-3H3. The number of ether oxygens (including phenoxy) is 1. The number of nitrogens with zero attached hydrogens (tertiary/aromatic N) is 2. The van der Waals surface area contributed by atoms with E-state index in [4.69, 9.17) is 4.74 Å². The Morgan fingerprint density at radius 3 is 2.70 bits per heavy atom. The third-order valence-electron chi connectivity index (χ3n) is 4.39. The molecule has 0 bridgehead atoms. The summed E-state index contributed by atoms with van der Waals surface area (Å²) in [6, 6.07) is 0. The van der Waals surface area contributed by atoms with Crippen LogP contribution in [0.15, 0.2) is 0 Å². The van der Waals surface area contributed by atoms with Gasteiger partial charge in [-0.2, -0.15) is 0 Å². The van der Waals surface area contributed by atoms with Gasteiger partial charge in [0.2, 0.25) is 0 Å². The van der Waals surface area contributed by atoms with E-state index in [-0.39, 0.29) is 0 Å². The molecule has 4 nitrogen and oxygen atoms in total. The van der Waals surface area contributed by atoms with E-state index in [1.807, 2.05) is 0 Å². The first kappa shape index (κ1) is 16.2. The number of likely N-dealkylation sites (N-methyl/N-ethyl adjacent to an activating group) is 1. The van der Waals surface area contributed by atoms with Gasteiger partial charge in [-0.25, -0.2) is 0 Å². The van der Waals surface area contributed by atoms with Crippen LogP contribution in [-0.2, 0) is 4.74 Å². The molecule has 0 aliphatic carbocycles. The second-order valence-electron chi connectivity index (χ2n) is 6.97. The molecule has 0 aromatic heterocycles. The quantitative estimate of drug-likeness (QED) is 0.798. The fourth-order valence-corrected chi connectivity index (χ4v) is 3.17. The van der Waals surface area contributed by atoms with Gasteiger partial charge in [-0.15, -0.1) is 0 Å². The van der Waals surface area contributed by atoms with Gasteiger partial charge in [-0.1, -0.05) is 13.8 Å². The van der Waals surface area contributed by atoms with E-state index in [0.717, 1.165) is 25.6 Å². The predicted molar refractivity (Wildman–Crippen MR) is 84.2 cm³/mol. The van der Waals surface area contributed by atoms with Crippen molar-refractivity contribution < 1.29 is 4.74 Å². The van der Waals surface area contributed by atoms with Crippen molar-refractivity contribution in [2.45, 2.75) is 45.3 Å². The molecule has 2 rings (SSSR count). The first-order chi connectivity index (χ1) is 9.63. The normalized spacial score (nSPS) is 30.0. The molecule has 0 radical (unpaired) electrons. The van der Waals surface area contributed by atoms with Crippen molar-refractivity contribution in [1.29, 1.82) is 0 Å².